The molecule has 0 fully saturated rings. The third kappa shape index (κ3) is 5.06. The van der Waals surface area contributed by atoms with Crippen molar-refractivity contribution in [2.24, 2.45) is 0 Å². The van der Waals surface area contributed by atoms with Crippen LogP contribution in [-0.4, -0.2) is 23.0 Å². The lowest BCUT2D eigenvalue weighted by molar-refractivity contribution is 0.0537. The van der Waals surface area contributed by atoms with Gasteiger partial charge in [0.05, 0.1) is 19.0 Å². The van der Waals surface area contributed by atoms with Crippen LogP contribution in [0.15, 0.2) is 54.7 Å². The van der Waals surface area contributed by atoms with Gasteiger partial charge in [0.1, 0.15) is 5.02 Å². The summed E-state index contributed by atoms with van der Waals surface area (Å²) in [6, 6.07) is 14.6. The smallest absolute Gasteiger partial charge is 0.274 e. The molecule has 0 unspecified atom stereocenters. The third-order valence-corrected chi connectivity index (χ3v) is 4.69. The van der Waals surface area contributed by atoms with E-state index in [0.717, 1.165) is 14.9 Å². The molecule has 0 aliphatic rings. The van der Waals surface area contributed by atoms with Gasteiger partial charge in [0.2, 0.25) is 5.95 Å². The molecule has 0 saturated carbocycles. The minimum absolute atomic E-state index is 0.323. The first-order valence-corrected chi connectivity index (χ1v) is 9.27. The number of aromatic nitrogens is 2. The summed E-state index contributed by atoms with van der Waals surface area (Å²) in [5.41, 5.74) is 4.37. The van der Waals surface area contributed by atoms with Crippen LogP contribution < -0.4 is 16.1 Å². The Hall–Kier alpha value is -2.43. The summed E-state index contributed by atoms with van der Waals surface area (Å²) in [4.78, 5) is 24.9. The fourth-order valence-corrected chi connectivity index (χ4v) is 2.85. The predicted octanol–water partition coefficient (Wildman–Crippen LogP) is 4.51. The quantitative estimate of drug-likeness (QED) is 0.344. The molecule has 3 N–H and O–H groups in total. The summed E-state index contributed by atoms with van der Waals surface area (Å²) >= 11 is 8.45. The number of hydrogen-bond donors (Lipinski definition) is 3. The Morgan fingerprint density at radius 3 is 2.56 bits per heavy atom. The van der Waals surface area contributed by atoms with Crippen molar-refractivity contribution in [2.75, 3.05) is 17.7 Å². The maximum absolute atomic E-state index is 11.7. The summed E-state index contributed by atoms with van der Waals surface area (Å²) in [7, 11) is 1.38. The first-order valence-electron chi connectivity index (χ1n) is 7.81. The minimum Gasteiger partial charge on any atom is -0.338 e. The number of para-hydroxylation sites is 1. The Balaban J connectivity index is 1.76. The molecular weight excluding hydrogens is 481 g/mol. The molecule has 1 heterocycles. The van der Waals surface area contributed by atoms with Crippen molar-refractivity contribution in [3.8, 4) is 0 Å². The predicted molar refractivity (Wildman–Crippen MR) is 114 cm³/mol. The van der Waals surface area contributed by atoms with Crippen molar-refractivity contribution in [1.29, 1.82) is 0 Å². The molecule has 0 saturated heterocycles. The molecule has 0 atom stereocenters. The van der Waals surface area contributed by atoms with Crippen molar-refractivity contribution >= 4 is 63.2 Å². The standard InChI is InChI=1S/C18H15ClIN5O2/c1-27-25-17(26)11-6-8-12(9-7-11)22-18-21-10-13(19)16(24-18)23-15-5-3-2-4-14(15)20/h2-10H,1H3,(H,25,26)(H2,21,22,23,24). The van der Waals surface area contributed by atoms with Crippen molar-refractivity contribution in [3.63, 3.8) is 0 Å². The molecule has 0 spiro atoms. The normalized spacial score (nSPS) is 10.3. The van der Waals surface area contributed by atoms with Gasteiger partial charge in [-0.15, -0.1) is 0 Å². The molecule has 1 aromatic heterocycles. The number of hydroxylamine groups is 1. The number of carbonyl (C=O) groups is 1. The Kier molecular flexibility index (Phi) is 6.43. The van der Waals surface area contributed by atoms with E-state index in [1.807, 2.05) is 24.3 Å². The Morgan fingerprint density at radius 1 is 1.11 bits per heavy atom. The number of nitrogens with zero attached hydrogens (tertiary/aromatic N) is 2. The topological polar surface area (TPSA) is 88.2 Å². The highest BCUT2D eigenvalue weighted by Crippen LogP contribution is 2.27. The lowest BCUT2D eigenvalue weighted by atomic mass is 10.2. The van der Waals surface area contributed by atoms with Gasteiger partial charge in [0.15, 0.2) is 5.82 Å². The summed E-state index contributed by atoms with van der Waals surface area (Å²) in [6.45, 7) is 0. The zero-order chi connectivity index (χ0) is 19.2. The second-order valence-electron chi connectivity index (χ2n) is 5.33. The van der Waals surface area contributed by atoms with Crippen molar-refractivity contribution in [1.82, 2.24) is 15.4 Å². The summed E-state index contributed by atoms with van der Waals surface area (Å²) in [6.07, 6.45) is 1.52. The van der Waals surface area contributed by atoms with Crippen molar-refractivity contribution in [3.05, 3.63) is 68.9 Å². The van der Waals surface area contributed by atoms with E-state index in [2.05, 4.69) is 53.5 Å². The van der Waals surface area contributed by atoms with Gasteiger partial charge in [0, 0.05) is 14.8 Å². The number of halogens is 2. The van der Waals surface area contributed by atoms with E-state index >= 15 is 0 Å². The second kappa shape index (κ2) is 8.98. The average Bonchev–Trinajstić information content (AvgIpc) is 2.67. The van der Waals surface area contributed by atoms with Crippen LogP contribution in [0, 0.1) is 3.57 Å². The van der Waals surface area contributed by atoms with E-state index in [4.69, 9.17) is 11.6 Å². The largest absolute Gasteiger partial charge is 0.338 e. The van der Waals surface area contributed by atoms with Crippen LogP contribution in [0.5, 0.6) is 0 Å². The van der Waals surface area contributed by atoms with E-state index in [0.29, 0.717) is 22.4 Å². The average molecular weight is 496 g/mol. The fraction of sp³-hybridized carbons (Fsp3) is 0.0556. The summed E-state index contributed by atoms with van der Waals surface area (Å²) in [5, 5.41) is 6.70. The lowest BCUT2D eigenvalue weighted by Gasteiger charge is -2.11. The van der Waals surface area contributed by atoms with Crippen LogP contribution in [0.1, 0.15) is 10.4 Å². The van der Waals surface area contributed by atoms with Gasteiger partial charge >= 0.3 is 0 Å². The van der Waals surface area contributed by atoms with E-state index in [1.165, 1.54) is 13.3 Å². The maximum atomic E-state index is 11.7. The fourth-order valence-electron chi connectivity index (χ4n) is 2.19. The van der Waals surface area contributed by atoms with Gasteiger partial charge in [-0.05, 0) is 59.0 Å². The number of benzene rings is 2. The maximum Gasteiger partial charge on any atom is 0.274 e. The number of hydrogen-bond acceptors (Lipinski definition) is 6. The number of carbonyl (C=O) groups excluding carboxylic acids is 1. The number of anilines is 4. The first kappa shape index (κ1) is 19.3. The van der Waals surface area contributed by atoms with Gasteiger partial charge in [-0.25, -0.2) is 10.5 Å². The van der Waals surface area contributed by atoms with Crippen LogP contribution in [0.4, 0.5) is 23.1 Å². The zero-order valence-corrected chi connectivity index (χ0v) is 17.1. The van der Waals surface area contributed by atoms with Crippen LogP contribution in [0.3, 0.4) is 0 Å². The molecule has 138 valence electrons. The number of amides is 1. The van der Waals surface area contributed by atoms with Crippen molar-refractivity contribution in [2.45, 2.75) is 0 Å². The van der Waals surface area contributed by atoms with E-state index in [-0.39, 0.29) is 5.91 Å². The molecule has 27 heavy (non-hydrogen) atoms. The Morgan fingerprint density at radius 2 is 1.85 bits per heavy atom. The summed E-state index contributed by atoms with van der Waals surface area (Å²) < 4.78 is 1.05. The highest BCUT2D eigenvalue weighted by Gasteiger charge is 2.09. The van der Waals surface area contributed by atoms with Gasteiger partial charge in [-0.2, -0.15) is 4.98 Å². The highest BCUT2D eigenvalue weighted by atomic mass is 127. The van der Waals surface area contributed by atoms with E-state index < -0.39 is 0 Å². The molecular formula is C18H15ClIN5O2. The molecule has 9 heteroatoms. The van der Waals surface area contributed by atoms with Crippen molar-refractivity contribution < 1.29 is 9.63 Å². The Labute approximate surface area is 174 Å². The first-order chi connectivity index (χ1) is 13.1. The summed E-state index contributed by atoms with van der Waals surface area (Å²) in [5.74, 6) is 0.548. The van der Waals surface area contributed by atoms with Gasteiger partial charge in [0.25, 0.3) is 5.91 Å². The SMILES string of the molecule is CONC(=O)c1ccc(Nc2ncc(Cl)c(Nc3ccccc3I)n2)cc1. The van der Waals surface area contributed by atoms with E-state index in [1.54, 1.807) is 24.3 Å². The second-order valence-corrected chi connectivity index (χ2v) is 6.90. The molecule has 3 aromatic rings. The number of rotatable bonds is 6. The number of nitrogens with one attached hydrogen (secondary N) is 3. The van der Waals surface area contributed by atoms with Gasteiger partial charge in [-0.1, -0.05) is 23.7 Å². The highest BCUT2D eigenvalue weighted by molar-refractivity contribution is 14.1. The molecule has 3 rings (SSSR count). The van der Waals surface area contributed by atoms with Crippen LogP contribution in [-0.2, 0) is 4.84 Å². The zero-order valence-electron chi connectivity index (χ0n) is 14.2. The van der Waals surface area contributed by atoms with Gasteiger partial charge in [-0.3, -0.25) is 9.63 Å². The third-order valence-electron chi connectivity index (χ3n) is 3.47. The molecule has 0 aliphatic heterocycles. The minimum atomic E-state index is -0.323. The lowest BCUT2D eigenvalue weighted by Crippen LogP contribution is -2.21. The van der Waals surface area contributed by atoms with Crippen LogP contribution in [0.25, 0.3) is 0 Å². The molecule has 2 aromatic carbocycles. The molecule has 7 nitrogen and oxygen atoms in total. The molecule has 1 amide bonds. The molecule has 0 bridgehead atoms. The van der Waals surface area contributed by atoms with Crippen LogP contribution in [0.2, 0.25) is 5.02 Å². The molecule has 0 radical (unpaired) electrons. The van der Waals surface area contributed by atoms with Crippen LogP contribution >= 0.6 is 34.2 Å². The molecule has 0 aliphatic carbocycles. The Bertz CT molecular complexity index is 953. The van der Waals surface area contributed by atoms with E-state index in [9.17, 15) is 4.79 Å². The van der Waals surface area contributed by atoms with Gasteiger partial charge < -0.3 is 10.6 Å². The monoisotopic (exact) mass is 495 g/mol.